The van der Waals surface area contributed by atoms with Crippen LogP contribution in [0.5, 0.6) is 0 Å². The van der Waals surface area contributed by atoms with E-state index in [1.54, 1.807) is 18.4 Å². The number of rotatable bonds is 5. The van der Waals surface area contributed by atoms with E-state index in [1.165, 1.54) is 4.88 Å². The van der Waals surface area contributed by atoms with Crippen molar-refractivity contribution in [3.63, 3.8) is 0 Å². The number of nitrogens with one attached hydrogen (secondary N) is 1. The molecule has 0 amide bonds. The van der Waals surface area contributed by atoms with E-state index in [-0.39, 0.29) is 0 Å². The van der Waals surface area contributed by atoms with E-state index in [2.05, 4.69) is 35.3 Å². The number of methoxy groups -OCH3 is 1. The second kappa shape index (κ2) is 5.40. The van der Waals surface area contributed by atoms with Crippen LogP contribution >= 0.6 is 11.3 Å². The third kappa shape index (κ3) is 2.43. The van der Waals surface area contributed by atoms with Crippen molar-refractivity contribution in [2.75, 3.05) is 12.5 Å². The maximum Gasteiger partial charge on any atom is 0.163 e. The SMILES string of the molecule is CCc1cc2c(NN)nc(C(C)(CC)OC)nc2s1. The quantitative estimate of drug-likeness (QED) is 0.651. The average molecular weight is 280 g/mol. The van der Waals surface area contributed by atoms with Gasteiger partial charge in [-0.3, -0.25) is 0 Å². The third-order valence-corrected chi connectivity index (χ3v) is 4.70. The molecule has 19 heavy (non-hydrogen) atoms. The molecular formula is C13H20N4OS. The number of hydrazine groups is 1. The fourth-order valence-corrected chi connectivity index (χ4v) is 2.85. The molecule has 0 radical (unpaired) electrons. The highest BCUT2D eigenvalue weighted by molar-refractivity contribution is 7.18. The van der Waals surface area contributed by atoms with Gasteiger partial charge in [-0.1, -0.05) is 13.8 Å². The summed E-state index contributed by atoms with van der Waals surface area (Å²) in [5.41, 5.74) is 2.18. The minimum absolute atomic E-state index is 0.490. The van der Waals surface area contributed by atoms with E-state index < -0.39 is 5.60 Å². The molecule has 0 saturated carbocycles. The number of fused-ring (bicyclic) bond motifs is 1. The Morgan fingerprint density at radius 3 is 2.68 bits per heavy atom. The third-order valence-electron chi connectivity index (χ3n) is 3.53. The van der Waals surface area contributed by atoms with Crippen molar-refractivity contribution in [2.24, 2.45) is 5.84 Å². The number of nitrogen functional groups attached to an aromatic ring is 1. The van der Waals surface area contributed by atoms with Gasteiger partial charge in [-0.15, -0.1) is 11.3 Å². The standard InChI is InChI=1S/C13H20N4OS/c1-5-8-7-9-10(17-14)15-12(16-11(9)19-8)13(3,6-2)18-4/h7H,5-6,14H2,1-4H3,(H,15,16,17). The Kier molecular flexibility index (Phi) is 4.03. The first-order chi connectivity index (χ1) is 9.07. The summed E-state index contributed by atoms with van der Waals surface area (Å²) in [6.45, 7) is 6.17. The first-order valence-corrected chi connectivity index (χ1v) is 7.22. The highest BCUT2D eigenvalue weighted by Gasteiger charge is 2.29. The molecule has 0 aromatic carbocycles. The normalized spacial score (nSPS) is 14.6. The van der Waals surface area contributed by atoms with Crippen molar-refractivity contribution >= 4 is 27.4 Å². The van der Waals surface area contributed by atoms with Crippen molar-refractivity contribution in [3.05, 3.63) is 16.8 Å². The van der Waals surface area contributed by atoms with Crippen molar-refractivity contribution in [1.82, 2.24) is 9.97 Å². The van der Waals surface area contributed by atoms with Crippen LogP contribution in [-0.2, 0) is 16.8 Å². The summed E-state index contributed by atoms with van der Waals surface area (Å²) in [5.74, 6) is 6.91. The highest BCUT2D eigenvalue weighted by Crippen LogP contribution is 2.33. The number of hydrogen-bond donors (Lipinski definition) is 2. The van der Waals surface area contributed by atoms with Gasteiger partial charge in [0.2, 0.25) is 0 Å². The maximum absolute atomic E-state index is 5.59. The number of nitrogens with two attached hydrogens (primary N) is 1. The monoisotopic (exact) mass is 280 g/mol. The Hall–Kier alpha value is -1.24. The molecule has 0 saturated heterocycles. The zero-order valence-electron chi connectivity index (χ0n) is 11.8. The molecule has 104 valence electrons. The lowest BCUT2D eigenvalue weighted by Crippen LogP contribution is -2.27. The maximum atomic E-state index is 5.59. The van der Waals surface area contributed by atoms with Gasteiger partial charge in [0.05, 0.1) is 5.39 Å². The van der Waals surface area contributed by atoms with Crippen LogP contribution in [0.15, 0.2) is 6.07 Å². The molecule has 0 aliphatic rings. The molecule has 2 aromatic heterocycles. The molecule has 3 N–H and O–H groups in total. The fraction of sp³-hybridized carbons (Fsp3) is 0.538. The van der Waals surface area contributed by atoms with Crippen molar-refractivity contribution in [2.45, 2.75) is 39.2 Å². The van der Waals surface area contributed by atoms with E-state index >= 15 is 0 Å². The first kappa shape index (κ1) is 14.2. The van der Waals surface area contributed by atoms with Gasteiger partial charge in [0.1, 0.15) is 10.4 Å². The number of thiophene rings is 1. The topological polar surface area (TPSA) is 73.1 Å². The van der Waals surface area contributed by atoms with E-state index in [4.69, 9.17) is 10.6 Å². The van der Waals surface area contributed by atoms with Crippen molar-refractivity contribution < 1.29 is 4.74 Å². The van der Waals surface area contributed by atoms with Crippen molar-refractivity contribution in [1.29, 1.82) is 0 Å². The van der Waals surface area contributed by atoms with Crippen LogP contribution in [0.25, 0.3) is 10.2 Å². The molecule has 0 aliphatic heterocycles. The van der Waals surface area contributed by atoms with E-state index in [0.29, 0.717) is 11.6 Å². The molecule has 2 rings (SSSR count). The van der Waals surface area contributed by atoms with Crippen LogP contribution in [0.2, 0.25) is 0 Å². The van der Waals surface area contributed by atoms with E-state index in [1.807, 2.05) is 6.92 Å². The summed E-state index contributed by atoms with van der Waals surface area (Å²) in [6, 6.07) is 2.09. The summed E-state index contributed by atoms with van der Waals surface area (Å²) in [5, 5.41) is 0.975. The molecule has 0 spiro atoms. The van der Waals surface area contributed by atoms with Crippen LogP contribution in [0.1, 0.15) is 37.9 Å². The number of anilines is 1. The van der Waals surface area contributed by atoms with Gasteiger partial charge in [-0.25, -0.2) is 15.8 Å². The Bertz CT molecular complexity index is 577. The molecular weight excluding hydrogens is 260 g/mol. The summed E-state index contributed by atoms with van der Waals surface area (Å²) in [6.07, 6.45) is 1.78. The van der Waals surface area contributed by atoms with Gasteiger partial charge in [0.25, 0.3) is 0 Å². The van der Waals surface area contributed by atoms with Gasteiger partial charge >= 0.3 is 0 Å². The summed E-state index contributed by atoms with van der Waals surface area (Å²) in [7, 11) is 1.68. The second-order valence-electron chi connectivity index (χ2n) is 4.61. The number of aromatic nitrogens is 2. The Labute approximate surface area is 117 Å². The van der Waals surface area contributed by atoms with Crippen LogP contribution in [0.3, 0.4) is 0 Å². The molecule has 5 nitrogen and oxygen atoms in total. The zero-order valence-corrected chi connectivity index (χ0v) is 12.6. The van der Waals surface area contributed by atoms with Gasteiger partial charge in [-0.2, -0.15) is 0 Å². The van der Waals surface area contributed by atoms with Gasteiger partial charge in [0.15, 0.2) is 11.6 Å². The highest BCUT2D eigenvalue weighted by atomic mass is 32.1. The molecule has 2 aromatic rings. The first-order valence-electron chi connectivity index (χ1n) is 6.40. The predicted molar refractivity (Wildman–Crippen MR) is 79.3 cm³/mol. The molecule has 0 aliphatic carbocycles. The number of hydrogen-bond acceptors (Lipinski definition) is 6. The average Bonchev–Trinajstić information content (AvgIpc) is 2.88. The second-order valence-corrected chi connectivity index (χ2v) is 5.73. The Balaban J connectivity index is 2.64. The van der Waals surface area contributed by atoms with Crippen molar-refractivity contribution in [3.8, 4) is 0 Å². The molecule has 1 atom stereocenters. The molecule has 0 bridgehead atoms. The number of aryl methyl sites for hydroxylation is 1. The lowest BCUT2D eigenvalue weighted by atomic mass is 10.0. The summed E-state index contributed by atoms with van der Waals surface area (Å²) < 4.78 is 5.57. The minimum Gasteiger partial charge on any atom is -0.371 e. The largest absolute Gasteiger partial charge is 0.371 e. The summed E-state index contributed by atoms with van der Waals surface area (Å²) >= 11 is 1.68. The van der Waals surface area contributed by atoms with Crippen LogP contribution in [0, 0.1) is 0 Å². The number of ether oxygens (including phenoxy) is 1. The Morgan fingerprint density at radius 2 is 2.16 bits per heavy atom. The van der Waals surface area contributed by atoms with Gasteiger partial charge in [0, 0.05) is 12.0 Å². The molecule has 0 fully saturated rings. The lowest BCUT2D eigenvalue weighted by Gasteiger charge is -2.25. The van der Waals surface area contributed by atoms with Gasteiger partial charge < -0.3 is 10.2 Å². The minimum atomic E-state index is -0.490. The van der Waals surface area contributed by atoms with Gasteiger partial charge in [-0.05, 0) is 25.8 Å². The van der Waals surface area contributed by atoms with Crippen LogP contribution in [-0.4, -0.2) is 17.1 Å². The zero-order chi connectivity index (χ0) is 14.0. The van der Waals surface area contributed by atoms with E-state index in [0.717, 1.165) is 23.1 Å². The van der Waals surface area contributed by atoms with Crippen LogP contribution in [0.4, 0.5) is 5.82 Å². The van der Waals surface area contributed by atoms with E-state index in [9.17, 15) is 0 Å². The molecule has 2 heterocycles. The van der Waals surface area contributed by atoms with Crippen LogP contribution < -0.4 is 11.3 Å². The fourth-order valence-electron chi connectivity index (χ4n) is 1.89. The summed E-state index contributed by atoms with van der Waals surface area (Å²) in [4.78, 5) is 11.4. The molecule has 6 heteroatoms. The molecule has 1 unspecified atom stereocenters. The smallest absolute Gasteiger partial charge is 0.163 e. The lowest BCUT2D eigenvalue weighted by molar-refractivity contribution is -0.00854. The Morgan fingerprint density at radius 1 is 1.42 bits per heavy atom. The number of nitrogens with zero attached hydrogens (tertiary/aromatic N) is 2. The predicted octanol–water partition coefficient (Wildman–Crippen LogP) is 2.81.